The van der Waals surface area contributed by atoms with Gasteiger partial charge in [-0.2, -0.15) is 0 Å². The molecule has 0 saturated carbocycles. The number of para-hydroxylation sites is 1. The van der Waals surface area contributed by atoms with Crippen molar-refractivity contribution >= 4 is 11.8 Å². The number of amides is 2. The molecule has 1 atom stereocenters. The zero-order valence-electron chi connectivity index (χ0n) is 18.3. The molecule has 0 aliphatic rings. The highest BCUT2D eigenvalue weighted by Gasteiger charge is 2.26. The Morgan fingerprint density at radius 2 is 1.63 bits per heavy atom. The number of rotatable bonds is 11. The first-order chi connectivity index (χ1) is 14.4. The van der Waals surface area contributed by atoms with Crippen LogP contribution in [-0.4, -0.2) is 43.0 Å². The highest BCUT2D eigenvalue weighted by Crippen LogP contribution is 2.16. The van der Waals surface area contributed by atoms with Crippen molar-refractivity contribution < 1.29 is 19.1 Å². The topological polar surface area (TPSA) is 67.9 Å². The van der Waals surface area contributed by atoms with Crippen molar-refractivity contribution in [1.82, 2.24) is 10.2 Å². The number of nitrogens with zero attached hydrogens (tertiary/aromatic N) is 1. The average Bonchev–Trinajstić information content (AvgIpc) is 2.76. The molecule has 0 radical (unpaired) electrons. The van der Waals surface area contributed by atoms with Gasteiger partial charge in [-0.3, -0.25) is 9.59 Å². The lowest BCUT2D eigenvalue weighted by Crippen LogP contribution is -2.49. The molecule has 30 heavy (non-hydrogen) atoms. The first-order valence-electron chi connectivity index (χ1n) is 10.3. The van der Waals surface area contributed by atoms with E-state index >= 15 is 0 Å². The predicted molar refractivity (Wildman–Crippen MR) is 117 cm³/mol. The van der Waals surface area contributed by atoms with Crippen molar-refractivity contribution in [2.45, 2.75) is 39.8 Å². The fraction of sp³-hybridized carbons (Fsp3) is 0.417. The fourth-order valence-electron chi connectivity index (χ4n) is 2.89. The third-order valence-corrected chi connectivity index (χ3v) is 4.81. The lowest BCUT2D eigenvalue weighted by Gasteiger charge is -2.29. The summed E-state index contributed by atoms with van der Waals surface area (Å²) in [5.41, 5.74) is 0.908. The first kappa shape index (κ1) is 23.3. The molecule has 0 fully saturated rings. The molecule has 0 spiro atoms. The van der Waals surface area contributed by atoms with E-state index in [-0.39, 0.29) is 18.4 Å². The van der Waals surface area contributed by atoms with Gasteiger partial charge in [-0.25, -0.2) is 0 Å². The monoisotopic (exact) mass is 412 g/mol. The van der Waals surface area contributed by atoms with Gasteiger partial charge in [0.15, 0.2) is 6.61 Å². The van der Waals surface area contributed by atoms with Crippen LogP contribution in [0.3, 0.4) is 0 Å². The van der Waals surface area contributed by atoms with E-state index in [0.29, 0.717) is 24.8 Å². The molecular formula is C24H32N2O4. The number of carbonyl (C=O) groups is 2. The lowest BCUT2D eigenvalue weighted by molar-refractivity contribution is -0.142. The normalized spacial score (nSPS) is 11.6. The molecular weight excluding hydrogens is 380 g/mol. The third-order valence-electron chi connectivity index (χ3n) is 4.81. The van der Waals surface area contributed by atoms with E-state index < -0.39 is 6.04 Å². The Morgan fingerprint density at radius 3 is 2.23 bits per heavy atom. The fourth-order valence-corrected chi connectivity index (χ4v) is 2.89. The van der Waals surface area contributed by atoms with Gasteiger partial charge in [0.2, 0.25) is 5.91 Å². The summed E-state index contributed by atoms with van der Waals surface area (Å²) in [6, 6.07) is 16.0. The minimum absolute atomic E-state index is 0.135. The van der Waals surface area contributed by atoms with Crippen LogP contribution in [0.1, 0.15) is 32.8 Å². The second-order valence-corrected chi connectivity index (χ2v) is 7.62. The maximum absolute atomic E-state index is 13.0. The van der Waals surface area contributed by atoms with Crippen LogP contribution in [0.5, 0.6) is 11.5 Å². The minimum Gasteiger partial charge on any atom is -0.497 e. The van der Waals surface area contributed by atoms with Crippen molar-refractivity contribution in [2.75, 3.05) is 20.3 Å². The molecule has 6 nitrogen and oxygen atoms in total. The summed E-state index contributed by atoms with van der Waals surface area (Å²) in [5.74, 6) is 1.43. The summed E-state index contributed by atoms with van der Waals surface area (Å²) in [7, 11) is 1.61. The zero-order valence-corrected chi connectivity index (χ0v) is 18.3. The van der Waals surface area contributed by atoms with Gasteiger partial charge < -0.3 is 19.7 Å². The van der Waals surface area contributed by atoms with Crippen molar-refractivity contribution in [3.8, 4) is 11.5 Å². The number of methoxy groups -OCH3 is 1. The Labute approximate surface area is 179 Å². The van der Waals surface area contributed by atoms with Gasteiger partial charge in [0.1, 0.15) is 17.5 Å². The van der Waals surface area contributed by atoms with Crippen molar-refractivity contribution in [3.63, 3.8) is 0 Å². The molecule has 2 aromatic rings. The Hall–Kier alpha value is -3.02. The number of nitrogens with one attached hydrogen (secondary N) is 1. The summed E-state index contributed by atoms with van der Waals surface area (Å²) >= 11 is 0. The van der Waals surface area contributed by atoms with Crippen LogP contribution >= 0.6 is 0 Å². The van der Waals surface area contributed by atoms with Crippen molar-refractivity contribution in [1.29, 1.82) is 0 Å². The molecule has 2 amide bonds. The van der Waals surface area contributed by atoms with Crippen molar-refractivity contribution in [3.05, 3.63) is 60.2 Å². The zero-order chi connectivity index (χ0) is 21.9. The molecule has 2 aromatic carbocycles. The number of hydrogen-bond donors (Lipinski definition) is 1. The van der Waals surface area contributed by atoms with Gasteiger partial charge in [-0.1, -0.05) is 44.2 Å². The molecule has 1 N–H and O–H groups in total. The lowest BCUT2D eigenvalue weighted by atomic mass is 10.1. The Kier molecular flexibility index (Phi) is 9.19. The Balaban J connectivity index is 2.08. The molecule has 0 aliphatic heterocycles. The van der Waals surface area contributed by atoms with Crippen LogP contribution in [0.15, 0.2) is 54.6 Å². The largest absolute Gasteiger partial charge is 0.497 e. The standard InChI is InChI=1S/C24H32N2O4/c1-18(2)14-15-25-24(28)19(3)26(16-20-10-12-21(29-4)13-11-20)23(27)17-30-22-8-6-5-7-9-22/h5-13,18-19H,14-17H2,1-4H3,(H,25,28). The summed E-state index contributed by atoms with van der Waals surface area (Å²) in [5, 5.41) is 2.93. The van der Waals surface area contributed by atoms with Crippen molar-refractivity contribution in [2.24, 2.45) is 5.92 Å². The molecule has 0 aromatic heterocycles. The summed E-state index contributed by atoms with van der Waals surface area (Å²) in [6.45, 7) is 6.72. The molecule has 1 unspecified atom stereocenters. The molecule has 2 rings (SSSR count). The molecule has 0 aliphatic carbocycles. The summed E-state index contributed by atoms with van der Waals surface area (Å²) in [6.07, 6.45) is 0.891. The number of benzene rings is 2. The van der Waals surface area contributed by atoms with Gasteiger partial charge in [-0.15, -0.1) is 0 Å². The average molecular weight is 413 g/mol. The van der Waals surface area contributed by atoms with Gasteiger partial charge >= 0.3 is 0 Å². The third kappa shape index (κ3) is 7.43. The van der Waals surface area contributed by atoms with Gasteiger partial charge in [0.25, 0.3) is 5.91 Å². The van der Waals surface area contributed by atoms with Crippen LogP contribution in [0.4, 0.5) is 0 Å². The van der Waals surface area contributed by atoms with Crippen LogP contribution in [0, 0.1) is 5.92 Å². The molecule has 6 heteroatoms. The summed E-state index contributed by atoms with van der Waals surface area (Å²) in [4.78, 5) is 27.2. The quantitative estimate of drug-likeness (QED) is 0.612. The van der Waals surface area contributed by atoms with E-state index in [2.05, 4.69) is 19.2 Å². The van der Waals surface area contributed by atoms with E-state index in [4.69, 9.17) is 9.47 Å². The SMILES string of the molecule is COc1ccc(CN(C(=O)COc2ccccc2)C(C)C(=O)NCCC(C)C)cc1. The van der Waals surface area contributed by atoms with E-state index in [1.807, 2.05) is 42.5 Å². The van der Waals surface area contributed by atoms with Crippen LogP contribution in [0.2, 0.25) is 0 Å². The second-order valence-electron chi connectivity index (χ2n) is 7.62. The number of ether oxygens (including phenoxy) is 2. The number of carbonyl (C=O) groups excluding carboxylic acids is 2. The minimum atomic E-state index is -0.619. The molecule has 0 heterocycles. The highest BCUT2D eigenvalue weighted by atomic mass is 16.5. The Bertz CT molecular complexity index is 791. The predicted octanol–water partition coefficient (Wildman–Crippen LogP) is 3.65. The first-order valence-corrected chi connectivity index (χ1v) is 10.3. The second kappa shape index (κ2) is 11.9. The van der Waals surface area contributed by atoms with Crippen LogP contribution in [-0.2, 0) is 16.1 Å². The van der Waals surface area contributed by atoms with E-state index in [9.17, 15) is 9.59 Å². The highest BCUT2D eigenvalue weighted by molar-refractivity contribution is 5.87. The van der Waals surface area contributed by atoms with E-state index in [0.717, 1.165) is 17.7 Å². The number of hydrogen-bond acceptors (Lipinski definition) is 4. The molecule has 162 valence electrons. The molecule has 0 bridgehead atoms. The smallest absolute Gasteiger partial charge is 0.261 e. The maximum atomic E-state index is 13.0. The maximum Gasteiger partial charge on any atom is 0.261 e. The van der Waals surface area contributed by atoms with Crippen LogP contribution < -0.4 is 14.8 Å². The van der Waals surface area contributed by atoms with Gasteiger partial charge in [0, 0.05) is 13.1 Å². The Morgan fingerprint density at radius 1 is 0.967 bits per heavy atom. The summed E-state index contributed by atoms with van der Waals surface area (Å²) < 4.78 is 10.8. The van der Waals surface area contributed by atoms with Gasteiger partial charge in [0.05, 0.1) is 7.11 Å². The van der Waals surface area contributed by atoms with E-state index in [1.165, 1.54) is 0 Å². The van der Waals surface area contributed by atoms with Crippen LogP contribution in [0.25, 0.3) is 0 Å². The van der Waals surface area contributed by atoms with E-state index in [1.54, 1.807) is 31.1 Å². The molecule has 0 saturated heterocycles. The van der Waals surface area contributed by atoms with Gasteiger partial charge in [-0.05, 0) is 49.1 Å².